The van der Waals surface area contributed by atoms with Crippen LogP contribution in [0.3, 0.4) is 0 Å². The van der Waals surface area contributed by atoms with E-state index in [2.05, 4.69) is 55.2 Å². The van der Waals surface area contributed by atoms with E-state index in [1.54, 1.807) is 0 Å². The summed E-state index contributed by atoms with van der Waals surface area (Å²) in [7, 11) is 0. The minimum absolute atomic E-state index is 0.621. The van der Waals surface area contributed by atoms with Crippen LogP contribution in [0.25, 0.3) is 0 Å². The highest BCUT2D eigenvalue weighted by atomic mass is 32.2. The molecule has 1 fully saturated rings. The summed E-state index contributed by atoms with van der Waals surface area (Å²) in [5.74, 6) is 0. The van der Waals surface area contributed by atoms with E-state index in [9.17, 15) is 0 Å². The molecule has 0 bridgehead atoms. The van der Waals surface area contributed by atoms with E-state index in [-0.39, 0.29) is 0 Å². The van der Waals surface area contributed by atoms with E-state index in [0.29, 0.717) is 6.04 Å². The Labute approximate surface area is 122 Å². The topological polar surface area (TPSA) is 12.0 Å². The van der Waals surface area contributed by atoms with E-state index in [1.165, 1.54) is 55.5 Å². The summed E-state index contributed by atoms with van der Waals surface area (Å²) in [6.45, 7) is 4.55. The average Bonchev–Trinajstić information content (AvgIpc) is 2.93. The maximum atomic E-state index is 3.75. The number of para-hydroxylation sites is 1. The van der Waals surface area contributed by atoms with Crippen molar-refractivity contribution in [2.24, 2.45) is 0 Å². The van der Waals surface area contributed by atoms with E-state index in [1.807, 2.05) is 0 Å². The molecule has 0 spiro atoms. The van der Waals surface area contributed by atoms with Crippen molar-refractivity contribution in [3.05, 3.63) is 24.3 Å². The first-order chi connectivity index (χ1) is 9.33. The minimum atomic E-state index is 0.621. The zero-order chi connectivity index (χ0) is 13.5. The predicted molar refractivity (Wildman–Crippen MR) is 87.2 cm³/mol. The van der Waals surface area contributed by atoms with Crippen molar-refractivity contribution in [2.45, 2.75) is 75.0 Å². The van der Waals surface area contributed by atoms with E-state index >= 15 is 0 Å². The van der Waals surface area contributed by atoms with Gasteiger partial charge in [-0.05, 0) is 37.8 Å². The summed E-state index contributed by atoms with van der Waals surface area (Å²) in [6, 6.07) is 9.47. The molecule has 0 aromatic heterocycles. The second-order valence-electron chi connectivity index (χ2n) is 5.56. The van der Waals surface area contributed by atoms with Crippen molar-refractivity contribution < 1.29 is 0 Å². The zero-order valence-electron chi connectivity index (χ0n) is 12.3. The van der Waals surface area contributed by atoms with Crippen LogP contribution < -0.4 is 5.32 Å². The molecular formula is C17H27NS. The molecule has 2 heteroatoms. The smallest absolute Gasteiger partial charge is 0.0480 e. The van der Waals surface area contributed by atoms with Crippen LogP contribution in [0, 0.1) is 0 Å². The number of hydrogen-bond acceptors (Lipinski definition) is 2. The quantitative estimate of drug-likeness (QED) is 0.685. The number of benzene rings is 1. The van der Waals surface area contributed by atoms with Gasteiger partial charge in [-0.25, -0.2) is 0 Å². The second kappa shape index (κ2) is 7.84. The SMILES string of the molecule is CCCC(CC)Nc1ccccc1SC1CCCC1. The third kappa shape index (κ3) is 4.45. The van der Waals surface area contributed by atoms with Crippen molar-refractivity contribution in [1.29, 1.82) is 0 Å². The number of anilines is 1. The highest BCUT2D eigenvalue weighted by Gasteiger charge is 2.18. The van der Waals surface area contributed by atoms with Gasteiger partial charge in [0.1, 0.15) is 0 Å². The molecule has 0 aliphatic heterocycles. The van der Waals surface area contributed by atoms with Crippen LogP contribution in [-0.2, 0) is 0 Å². The van der Waals surface area contributed by atoms with Gasteiger partial charge in [0.15, 0.2) is 0 Å². The molecule has 1 unspecified atom stereocenters. The third-order valence-corrected chi connectivity index (χ3v) is 5.39. The van der Waals surface area contributed by atoms with Gasteiger partial charge in [0.05, 0.1) is 0 Å². The van der Waals surface area contributed by atoms with Gasteiger partial charge in [-0.15, -0.1) is 11.8 Å². The van der Waals surface area contributed by atoms with E-state index < -0.39 is 0 Å². The molecule has 1 saturated carbocycles. The monoisotopic (exact) mass is 277 g/mol. The summed E-state index contributed by atoms with van der Waals surface area (Å²) in [4.78, 5) is 1.45. The molecule has 19 heavy (non-hydrogen) atoms. The summed E-state index contributed by atoms with van der Waals surface area (Å²) >= 11 is 2.09. The Hall–Kier alpha value is -0.630. The first-order valence-corrected chi connectivity index (χ1v) is 8.73. The fraction of sp³-hybridized carbons (Fsp3) is 0.647. The van der Waals surface area contributed by atoms with Crippen molar-refractivity contribution >= 4 is 17.4 Å². The molecule has 0 amide bonds. The molecule has 0 heterocycles. The van der Waals surface area contributed by atoms with Gasteiger partial charge in [0.25, 0.3) is 0 Å². The normalized spacial score (nSPS) is 17.6. The van der Waals surface area contributed by atoms with Crippen LogP contribution in [0.15, 0.2) is 29.2 Å². The summed E-state index contributed by atoms with van der Waals surface area (Å²) in [5.41, 5.74) is 1.35. The molecule has 1 aromatic rings. The maximum absolute atomic E-state index is 3.75. The van der Waals surface area contributed by atoms with Gasteiger partial charge in [-0.1, -0.05) is 45.2 Å². The van der Waals surface area contributed by atoms with Crippen LogP contribution >= 0.6 is 11.8 Å². The Morgan fingerprint density at radius 2 is 1.95 bits per heavy atom. The number of hydrogen-bond donors (Lipinski definition) is 1. The second-order valence-corrected chi connectivity index (χ2v) is 6.90. The highest BCUT2D eigenvalue weighted by molar-refractivity contribution is 8.00. The Kier molecular flexibility index (Phi) is 6.09. The van der Waals surface area contributed by atoms with Crippen molar-refractivity contribution in [2.75, 3.05) is 5.32 Å². The van der Waals surface area contributed by atoms with Crippen LogP contribution in [0.1, 0.15) is 58.8 Å². The Balaban J connectivity index is 2.02. The molecule has 1 aliphatic carbocycles. The molecule has 0 saturated heterocycles. The van der Waals surface area contributed by atoms with Crippen molar-refractivity contribution in [3.63, 3.8) is 0 Å². The lowest BCUT2D eigenvalue weighted by Gasteiger charge is -2.21. The van der Waals surface area contributed by atoms with Gasteiger partial charge in [0.2, 0.25) is 0 Å². The average molecular weight is 277 g/mol. The molecule has 106 valence electrons. The van der Waals surface area contributed by atoms with Crippen molar-refractivity contribution in [1.82, 2.24) is 0 Å². The minimum Gasteiger partial charge on any atom is -0.381 e. The maximum Gasteiger partial charge on any atom is 0.0480 e. The third-order valence-electron chi connectivity index (χ3n) is 3.97. The van der Waals surface area contributed by atoms with Crippen molar-refractivity contribution in [3.8, 4) is 0 Å². The van der Waals surface area contributed by atoms with Crippen LogP contribution in [0.4, 0.5) is 5.69 Å². The molecule has 1 aromatic carbocycles. The van der Waals surface area contributed by atoms with Gasteiger partial charge in [-0.2, -0.15) is 0 Å². The van der Waals surface area contributed by atoms with Gasteiger partial charge < -0.3 is 5.32 Å². The summed E-state index contributed by atoms with van der Waals surface area (Å²) in [6.07, 6.45) is 9.34. The van der Waals surface area contributed by atoms with Gasteiger partial charge in [0, 0.05) is 21.9 Å². The zero-order valence-corrected chi connectivity index (χ0v) is 13.1. The standard InChI is InChI=1S/C17H27NS/c1-3-9-14(4-2)18-16-12-7-8-13-17(16)19-15-10-5-6-11-15/h7-8,12-15,18H,3-6,9-11H2,1-2H3. The first kappa shape index (κ1) is 14.8. The molecule has 1 N–H and O–H groups in total. The summed E-state index contributed by atoms with van der Waals surface area (Å²) in [5, 5.41) is 4.59. The fourth-order valence-corrected chi connectivity index (χ4v) is 4.16. The Morgan fingerprint density at radius 3 is 2.63 bits per heavy atom. The number of rotatable bonds is 7. The lowest BCUT2D eigenvalue weighted by atomic mass is 10.1. The highest BCUT2D eigenvalue weighted by Crippen LogP contribution is 2.38. The fourth-order valence-electron chi connectivity index (χ4n) is 2.82. The number of thioether (sulfide) groups is 1. The van der Waals surface area contributed by atoms with Gasteiger partial charge in [-0.3, -0.25) is 0 Å². The van der Waals surface area contributed by atoms with Gasteiger partial charge >= 0.3 is 0 Å². The molecule has 2 rings (SSSR count). The predicted octanol–water partition coefficient (Wildman–Crippen LogP) is 5.71. The van der Waals surface area contributed by atoms with Crippen LogP contribution in [0.5, 0.6) is 0 Å². The first-order valence-electron chi connectivity index (χ1n) is 7.85. The summed E-state index contributed by atoms with van der Waals surface area (Å²) < 4.78 is 0. The van der Waals surface area contributed by atoms with E-state index in [0.717, 1.165) is 5.25 Å². The van der Waals surface area contributed by atoms with Crippen LogP contribution in [0.2, 0.25) is 0 Å². The Bertz CT molecular complexity index is 371. The molecule has 1 nitrogen and oxygen atoms in total. The molecule has 0 radical (unpaired) electrons. The molecule has 1 atom stereocenters. The lowest BCUT2D eigenvalue weighted by molar-refractivity contribution is 0.621. The molecular weight excluding hydrogens is 250 g/mol. The largest absolute Gasteiger partial charge is 0.381 e. The lowest BCUT2D eigenvalue weighted by Crippen LogP contribution is -2.18. The molecule has 1 aliphatic rings. The Morgan fingerprint density at radius 1 is 1.21 bits per heavy atom. The van der Waals surface area contributed by atoms with E-state index in [4.69, 9.17) is 0 Å². The van der Waals surface area contributed by atoms with Crippen LogP contribution in [-0.4, -0.2) is 11.3 Å². The number of nitrogens with one attached hydrogen (secondary N) is 1.